The van der Waals surface area contributed by atoms with E-state index in [4.69, 9.17) is 10.4 Å². The van der Waals surface area contributed by atoms with E-state index in [0.29, 0.717) is 22.8 Å². The van der Waals surface area contributed by atoms with Crippen molar-refractivity contribution in [2.24, 2.45) is 0 Å². The lowest BCUT2D eigenvalue weighted by Gasteiger charge is -2.02. The molecular formula is C10H9N7OS. The second-order valence-electron chi connectivity index (χ2n) is 4.35. The summed E-state index contributed by atoms with van der Waals surface area (Å²) in [6.45, 7) is 0. The lowest BCUT2D eigenvalue weighted by Crippen LogP contribution is -1.98. The summed E-state index contributed by atoms with van der Waals surface area (Å²) in [6.07, 6.45) is 2.25. The second kappa shape index (κ2) is 3.92. The van der Waals surface area contributed by atoms with Crippen LogP contribution in [-0.4, -0.2) is 30.5 Å². The largest absolute Gasteiger partial charge is 0.397 e. The second-order valence-corrected chi connectivity index (χ2v) is 5.36. The Morgan fingerprint density at radius 3 is 2.95 bits per heavy atom. The molecule has 0 amide bonds. The van der Waals surface area contributed by atoms with Crippen LogP contribution >= 0.6 is 11.8 Å². The van der Waals surface area contributed by atoms with E-state index in [0.717, 1.165) is 22.9 Å². The molecular weight excluding hydrogens is 266 g/mol. The van der Waals surface area contributed by atoms with E-state index in [2.05, 4.69) is 25.8 Å². The molecule has 0 atom stereocenters. The number of tetrazole rings is 1. The number of nitrogen functional groups attached to an aromatic ring is 1. The van der Waals surface area contributed by atoms with E-state index in [9.17, 15) is 0 Å². The minimum absolute atomic E-state index is 0.428. The maximum atomic E-state index is 5.81. The summed E-state index contributed by atoms with van der Waals surface area (Å²) in [4.78, 5) is 0.877. The average Bonchev–Trinajstić information content (AvgIpc) is 2.95. The number of aromatic nitrogens is 6. The topological polar surface area (TPSA) is 109 Å². The van der Waals surface area contributed by atoms with E-state index in [-0.39, 0.29) is 0 Å². The summed E-state index contributed by atoms with van der Waals surface area (Å²) in [5, 5.41) is 20.2. The third-order valence-electron chi connectivity index (χ3n) is 2.97. The van der Waals surface area contributed by atoms with Gasteiger partial charge in [0.05, 0.1) is 11.7 Å². The maximum absolute atomic E-state index is 5.81. The van der Waals surface area contributed by atoms with Crippen molar-refractivity contribution in [2.45, 2.75) is 28.9 Å². The fraction of sp³-hybridized carbons (Fsp3) is 0.300. The van der Waals surface area contributed by atoms with Gasteiger partial charge in [0.25, 0.3) is 0 Å². The van der Waals surface area contributed by atoms with Gasteiger partial charge < -0.3 is 5.73 Å². The molecule has 0 radical (unpaired) electrons. The first-order valence-corrected chi connectivity index (χ1v) is 6.61. The Kier molecular flexibility index (Phi) is 2.21. The predicted octanol–water partition coefficient (Wildman–Crippen LogP) is 1.28. The maximum Gasteiger partial charge on any atom is 0.214 e. The molecule has 2 aromatic heterocycles. The Labute approximate surface area is 111 Å². The van der Waals surface area contributed by atoms with E-state index < -0.39 is 0 Å². The highest BCUT2D eigenvalue weighted by molar-refractivity contribution is 7.99. The van der Waals surface area contributed by atoms with Gasteiger partial charge in [0.15, 0.2) is 11.0 Å². The SMILES string of the molecule is Nc1ccc(Sc2nnnn2C2CC2)c2nonc12. The van der Waals surface area contributed by atoms with E-state index in [1.165, 1.54) is 11.8 Å². The Morgan fingerprint density at radius 1 is 1.26 bits per heavy atom. The van der Waals surface area contributed by atoms with Gasteiger partial charge in [-0.15, -0.1) is 5.10 Å². The number of hydrogen-bond donors (Lipinski definition) is 1. The number of anilines is 1. The number of rotatable bonds is 3. The number of nitrogens with zero attached hydrogens (tertiary/aromatic N) is 6. The zero-order valence-electron chi connectivity index (χ0n) is 9.72. The lowest BCUT2D eigenvalue weighted by atomic mass is 10.3. The van der Waals surface area contributed by atoms with Gasteiger partial charge in [-0.1, -0.05) is 0 Å². The first-order chi connectivity index (χ1) is 9.33. The predicted molar refractivity (Wildman–Crippen MR) is 66.4 cm³/mol. The van der Waals surface area contributed by atoms with Crippen molar-refractivity contribution in [3.8, 4) is 0 Å². The Morgan fingerprint density at radius 2 is 2.11 bits per heavy atom. The van der Waals surface area contributed by atoms with Gasteiger partial charge in [-0.05, 0) is 57.5 Å². The van der Waals surface area contributed by atoms with Gasteiger partial charge in [0, 0.05) is 4.90 Å². The van der Waals surface area contributed by atoms with E-state index in [1.807, 2.05) is 10.7 Å². The van der Waals surface area contributed by atoms with E-state index >= 15 is 0 Å². The molecule has 1 aliphatic rings. The molecule has 2 N–H and O–H groups in total. The molecule has 1 aromatic carbocycles. The first-order valence-electron chi connectivity index (χ1n) is 5.79. The van der Waals surface area contributed by atoms with Crippen molar-refractivity contribution >= 4 is 28.5 Å². The fourth-order valence-electron chi connectivity index (χ4n) is 1.84. The molecule has 0 spiro atoms. The molecule has 4 rings (SSSR count). The van der Waals surface area contributed by atoms with Crippen molar-refractivity contribution in [3.63, 3.8) is 0 Å². The normalized spacial score (nSPS) is 15.2. The summed E-state index contributed by atoms with van der Waals surface area (Å²) in [5.74, 6) is 0. The van der Waals surface area contributed by atoms with Crippen molar-refractivity contribution in [3.05, 3.63) is 12.1 Å². The zero-order valence-corrected chi connectivity index (χ0v) is 10.5. The molecule has 1 saturated carbocycles. The third-order valence-corrected chi connectivity index (χ3v) is 3.97. The summed E-state index contributed by atoms with van der Waals surface area (Å²) in [5.41, 5.74) is 7.56. The highest BCUT2D eigenvalue weighted by atomic mass is 32.2. The summed E-state index contributed by atoms with van der Waals surface area (Å²) < 4.78 is 6.59. The van der Waals surface area contributed by atoms with Crippen molar-refractivity contribution in [1.82, 2.24) is 30.5 Å². The zero-order chi connectivity index (χ0) is 12.8. The minimum Gasteiger partial charge on any atom is -0.397 e. The summed E-state index contributed by atoms with van der Waals surface area (Å²) >= 11 is 1.44. The number of nitrogens with two attached hydrogens (primary N) is 1. The van der Waals surface area contributed by atoms with Crippen LogP contribution in [-0.2, 0) is 0 Å². The average molecular weight is 275 g/mol. The van der Waals surface area contributed by atoms with E-state index in [1.54, 1.807) is 6.07 Å². The van der Waals surface area contributed by atoms with Crippen LogP contribution in [0.25, 0.3) is 11.0 Å². The number of hydrogen-bond acceptors (Lipinski definition) is 8. The molecule has 2 heterocycles. The van der Waals surface area contributed by atoms with Crippen molar-refractivity contribution in [1.29, 1.82) is 0 Å². The minimum atomic E-state index is 0.428. The van der Waals surface area contributed by atoms with Crippen molar-refractivity contribution < 1.29 is 4.63 Å². The smallest absolute Gasteiger partial charge is 0.214 e. The standard InChI is InChI=1S/C10H9N7OS/c11-6-3-4-7(9-8(6)13-18-14-9)19-10-12-15-16-17(10)5-1-2-5/h3-5H,1-2,11H2. The molecule has 19 heavy (non-hydrogen) atoms. The van der Waals surface area contributed by atoms with Gasteiger partial charge in [0.1, 0.15) is 0 Å². The number of benzene rings is 1. The molecule has 0 bridgehead atoms. The van der Waals surface area contributed by atoms with Gasteiger partial charge in [-0.3, -0.25) is 0 Å². The Bertz CT molecular complexity index is 747. The highest BCUT2D eigenvalue weighted by Crippen LogP contribution is 2.39. The molecule has 0 saturated heterocycles. The summed E-state index contributed by atoms with van der Waals surface area (Å²) in [6, 6.07) is 4.08. The first kappa shape index (κ1) is 10.7. The lowest BCUT2D eigenvalue weighted by molar-refractivity contribution is 0.315. The van der Waals surface area contributed by atoms with Gasteiger partial charge in [-0.2, -0.15) is 0 Å². The summed E-state index contributed by atoms with van der Waals surface area (Å²) in [7, 11) is 0. The molecule has 1 fully saturated rings. The number of fused-ring (bicyclic) bond motifs is 1. The monoisotopic (exact) mass is 275 g/mol. The van der Waals surface area contributed by atoms with Crippen LogP contribution in [0.15, 0.2) is 26.8 Å². The molecule has 8 nitrogen and oxygen atoms in total. The van der Waals surface area contributed by atoms with Gasteiger partial charge in [0.2, 0.25) is 5.16 Å². The fourth-order valence-corrected chi connectivity index (χ4v) is 2.76. The highest BCUT2D eigenvalue weighted by Gasteiger charge is 2.28. The molecule has 3 aromatic rings. The van der Waals surface area contributed by atoms with Crippen LogP contribution in [0.5, 0.6) is 0 Å². The molecule has 9 heteroatoms. The van der Waals surface area contributed by atoms with Crippen LogP contribution < -0.4 is 5.73 Å². The van der Waals surface area contributed by atoms with Crippen LogP contribution in [0.3, 0.4) is 0 Å². The molecule has 96 valence electrons. The molecule has 1 aliphatic carbocycles. The van der Waals surface area contributed by atoms with Crippen LogP contribution in [0.2, 0.25) is 0 Å². The Balaban J connectivity index is 1.76. The Hall–Kier alpha value is -2.16. The van der Waals surface area contributed by atoms with Crippen LogP contribution in [0, 0.1) is 0 Å². The van der Waals surface area contributed by atoms with Crippen molar-refractivity contribution in [2.75, 3.05) is 5.73 Å². The third kappa shape index (κ3) is 1.73. The molecule has 0 unspecified atom stereocenters. The molecule has 0 aliphatic heterocycles. The van der Waals surface area contributed by atoms with Crippen LogP contribution in [0.4, 0.5) is 5.69 Å². The van der Waals surface area contributed by atoms with Crippen LogP contribution in [0.1, 0.15) is 18.9 Å². The quantitative estimate of drug-likeness (QED) is 0.712. The van der Waals surface area contributed by atoms with Gasteiger partial charge in [-0.25, -0.2) is 9.31 Å². The van der Waals surface area contributed by atoms with Gasteiger partial charge >= 0.3 is 0 Å².